The topological polar surface area (TPSA) is 44.4 Å². The maximum Gasteiger partial charge on any atom is 0.237 e. The monoisotopic (exact) mass is 279 g/mol. The number of carbonyl (C=O) groups is 1. The van der Waals surface area contributed by atoms with E-state index in [4.69, 9.17) is 0 Å². The highest BCUT2D eigenvalue weighted by atomic mass is 19.1. The van der Waals surface area contributed by atoms with Crippen molar-refractivity contribution in [3.05, 3.63) is 35.6 Å². The third kappa shape index (κ3) is 3.77. The van der Waals surface area contributed by atoms with E-state index in [1.165, 1.54) is 12.1 Å². The summed E-state index contributed by atoms with van der Waals surface area (Å²) in [6.45, 7) is 1.43. The summed E-state index contributed by atoms with van der Waals surface area (Å²) in [4.78, 5) is 14.0. The number of carbonyl (C=O) groups excluding carboxylic acids is 1. The molecule has 0 saturated carbocycles. The molecular weight excluding hydrogens is 257 g/mol. The van der Waals surface area contributed by atoms with E-state index >= 15 is 0 Å². The molecule has 0 aromatic heterocycles. The minimum atomic E-state index is -0.245. The largest absolute Gasteiger partial charge is 0.353 e. The Kier molecular flexibility index (Phi) is 5.09. The Morgan fingerprint density at radius 1 is 1.45 bits per heavy atom. The molecule has 1 heterocycles. The van der Waals surface area contributed by atoms with Gasteiger partial charge in [-0.1, -0.05) is 12.1 Å². The normalized spacial score (nSPS) is 20.1. The lowest BCUT2D eigenvalue weighted by molar-refractivity contribution is -0.123. The molecule has 1 aromatic carbocycles. The van der Waals surface area contributed by atoms with Gasteiger partial charge in [0.1, 0.15) is 5.82 Å². The van der Waals surface area contributed by atoms with E-state index in [-0.39, 0.29) is 23.8 Å². The average Bonchev–Trinajstić information content (AvgIpc) is 2.94. The molecule has 0 bridgehead atoms. The Balaban J connectivity index is 1.95. The van der Waals surface area contributed by atoms with Crippen LogP contribution in [0.15, 0.2) is 24.3 Å². The Hall–Kier alpha value is -1.46. The fourth-order valence-electron chi connectivity index (χ4n) is 2.51. The number of amides is 1. The molecule has 20 heavy (non-hydrogen) atoms. The van der Waals surface area contributed by atoms with Gasteiger partial charge in [-0.15, -0.1) is 0 Å². The third-order valence-electron chi connectivity index (χ3n) is 3.72. The summed E-state index contributed by atoms with van der Waals surface area (Å²) in [7, 11) is 3.90. The first-order chi connectivity index (χ1) is 9.58. The Bertz CT molecular complexity index is 441. The first-order valence-electron chi connectivity index (χ1n) is 7.01. The number of nitrogens with zero attached hydrogens (tertiary/aromatic N) is 1. The van der Waals surface area contributed by atoms with E-state index in [0.29, 0.717) is 6.54 Å². The quantitative estimate of drug-likeness (QED) is 0.854. The molecule has 2 atom stereocenters. The van der Waals surface area contributed by atoms with Crippen molar-refractivity contribution in [1.82, 2.24) is 15.5 Å². The van der Waals surface area contributed by atoms with Crippen molar-refractivity contribution in [2.45, 2.75) is 24.9 Å². The highest BCUT2D eigenvalue weighted by Gasteiger charge is 2.23. The summed E-state index contributed by atoms with van der Waals surface area (Å²) < 4.78 is 13.0. The van der Waals surface area contributed by atoms with Crippen molar-refractivity contribution in [2.75, 3.05) is 27.2 Å². The molecule has 0 radical (unpaired) electrons. The van der Waals surface area contributed by atoms with Gasteiger partial charge in [-0.25, -0.2) is 4.39 Å². The average molecular weight is 279 g/mol. The van der Waals surface area contributed by atoms with Gasteiger partial charge in [0.05, 0.1) is 12.1 Å². The molecule has 1 aliphatic rings. The zero-order valence-electron chi connectivity index (χ0n) is 12.0. The second-order valence-corrected chi connectivity index (χ2v) is 5.43. The Labute approximate surface area is 119 Å². The first kappa shape index (κ1) is 14.9. The van der Waals surface area contributed by atoms with Crippen LogP contribution < -0.4 is 10.6 Å². The molecular formula is C15H22FN3O. The minimum Gasteiger partial charge on any atom is -0.353 e. The number of likely N-dealkylation sites (N-methyl/N-ethyl adjacent to an activating group) is 1. The molecule has 1 amide bonds. The van der Waals surface area contributed by atoms with Gasteiger partial charge in [-0.05, 0) is 51.2 Å². The van der Waals surface area contributed by atoms with Crippen LogP contribution in [0.3, 0.4) is 0 Å². The lowest BCUT2D eigenvalue weighted by Crippen LogP contribution is -2.43. The van der Waals surface area contributed by atoms with Crippen LogP contribution in [0, 0.1) is 5.82 Å². The van der Waals surface area contributed by atoms with Crippen molar-refractivity contribution in [3.63, 3.8) is 0 Å². The maximum atomic E-state index is 13.0. The van der Waals surface area contributed by atoms with Gasteiger partial charge < -0.3 is 15.5 Å². The predicted octanol–water partition coefficient (Wildman–Crippen LogP) is 1.30. The number of hydrogen-bond donors (Lipinski definition) is 2. The number of halogens is 1. The van der Waals surface area contributed by atoms with Gasteiger partial charge in [0.25, 0.3) is 0 Å². The van der Waals surface area contributed by atoms with Gasteiger partial charge in [0.15, 0.2) is 0 Å². The SMILES string of the molecule is CN(C)C(CNC(=O)C1CCCN1)c1ccc(F)cc1. The molecule has 0 spiro atoms. The second-order valence-electron chi connectivity index (χ2n) is 5.43. The molecule has 5 heteroatoms. The summed E-state index contributed by atoms with van der Waals surface area (Å²) >= 11 is 0. The summed E-state index contributed by atoms with van der Waals surface area (Å²) in [6, 6.07) is 6.41. The van der Waals surface area contributed by atoms with Gasteiger partial charge >= 0.3 is 0 Å². The fraction of sp³-hybridized carbons (Fsp3) is 0.533. The van der Waals surface area contributed by atoms with Gasteiger partial charge in [-0.2, -0.15) is 0 Å². The Morgan fingerprint density at radius 3 is 2.70 bits per heavy atom. The second kappa shape index (κ2) is 6.81. The number of rotatable bonds is 5. The van der Waals surface area contributed by atoms with Crippen LogP contribution in [0.5, 0.6) is 0 Å². The molecule has 1 aromatic rings. The molecule has 2 N–H and O–H groups in total. The summed E-state index contributed by atoms with van der Waals surface area (Å²) in [5, 5.41) is 6.16. The molecule has 1 saturated heterocycles. The standard InChI is InChI=1S/C15H22FN3O/c1-19(2)14(11-5-7-12(16)8-6-11)10-18-15(20)13-4-3-9-17-13/h5-8,13-14,17H,3-4,9-10H2,1-2H3,(H,18,20). The van der Waals surface area contributed by atoms with Gasteiger partial charge in [0.2, 0.25) is 5.91 Å². The van der Waals surface area contributed by atoms with Crippen molar-refractivity contribution in [1.29, 1.82) is 0 Å². The fourth-order valence-corrected chi connectivity index (χ4v) is 2.51. The first-order valence-corrected chi connectivity index (χ1v) is 7.01. The zero-order chi connectivity index (χ0) is 14.5. The third-order valence-corrected chi connectivity index (χ3v) is 3.72. The van der Waals surface area contributed by atoms with E-state index in [1.54, 1.807) is 12.1 Å². The van der Waals surface area contributed by atoms with Crippen LogP contribution in [0.1, 0.15) is 24.4 Å². The van der Waals surface area contributed by atoms with E-state index in [1.807, 2.05) is 19.0 Å². The van der Waals surface area contributed by atoms with Crippen LogP contribution in [0.2, 0.25) is 0 Å². The highest BCUT2D eigenvalue weighted by molar-refractivity contribution is 5.82. The van der Waals surface area contributed by atoms with Crippen LogP contribution in [0.25, 0.3) is 0 Å². The van der Waals surface area contributed by atoms with Crippen molar-refractivity contribution in [3.8, 4) is 0 Å². The van der Waals surface area contributed by atoms with Crippen LogP contribution in [-0.4, -0.2) is 44.0 Å². The summed E-state index contributed by atoms with van der Waals surface area (Å²) in [5.41, 5.74) is 0.996. The lowest BCUT2D eigenvalue weighted by Gasteiger charge is -2.25. The summed E-state index contributed by atoms with van der Waals surface area (Å²) in [5.74, 6) is -0.193. The van der Waals surface area contributed by atoms with E-state index in [0.717, 1.165) is 24.9 Å². The molecule has 2 unspecified atom stereocenters. The molecule has 0 aliphatic carbocycles. The van der Waals surface area contributed by atoms with Crippen molar-refractivity contribution >= 4 is 5.91 Å². The van der Waals surface area contributed by atoms with E-state index in [9.17, 15) is 9.18 Å². The molecule has 1 aliphatic heterocycles. The molecule has 2 rings (SSSR count). The van der Waals surface area contributed by atoms with E-state index < -0.39 is 0 Å². The predicted molar refractivity (Wildman–Crippen MR) is 76.9 cm³/mol. The smallest absolute Gasteiger partial charge is 0.237 e. The zero-order valence-corrected chi connectivity index (χ0v) is 12.0. The van der Waals surface area contributed by atoms with Gasteiger partial charge in [0, 0.05) is 6.54 Å². The van der Waals surface area contributed by atoms with Crippen molar-refractivity contribution in [2.24, 2.45) is 0 Å². The van der Waals surface area contributed by atoms with Crippen LogP contribution in [-0.2, 0) is 4.79 Å². The van der Waals surface area contributed by atoms with E-state index in [2.05, 4.69) is 10.6 Å². The molecule has 4 nitrogen and oxygen atoms in total. The molecule has 1 fully saturated rings. The van der Waals surface area contributed by atoms with Gasteiger partial charge in [-0.3, -0.25) is 4.79 Å². The lowest BCUT2D eigenvalue weighted by atomic mass is 10.1. The highest BCUT2D eigenvalue weighted by Crippen LogP contribution is 2.18. The van der Waals surface area contributed by atoms with Crippen molar-refractivity contribution < 1.29 is 9.18 Å². The summed E-state index contributed by atoms with van der Waals surface area (Å²) in [6.07, 6.45) is 1.95. The van der Waals surface area contributed by atoms with Crippen LogP contribution in [0.4, 0.5) is 4.39 Å². The molecule has 110 valence electrons. The number of hydrogen-bond acceptors (Lipinski definition) is 3. The number of nitrogens with one attached hydrogen (secondary N) is 2. The Morgan fingerprint density at radius 2 is 2.15 bits per heavy atom. The number of benzene rings is 1. The minimum absolute atomic E-state index is 0.0425. The van der Waals surface area contributed by atoms with Crippen LogP contribution >= 0.6 is 0 Å². The maximum absolute atomic E-state index is 13.0.